The summed E-state index contributed by atoms with van der Waals surface area (Å²) in [6.07, 6.45) is 1.36. The Kier molecular flexibility index (Phi) is 4.06. The molecule has 1 aromatic heterocycles. The van der Waals surface area contributed by atoms with E-state index in [1.165, 1.54) is 19.2 Å². The molecular weight excluding hydrogens is 290 g/mol. The van der Waals surface area contributed by atoms with Gasteiger partial charge in [0.1, 0.15) is 5.54 Å². The molecule has 3 N–H and O–H groups in total. The number of benzene rings is 1. The minimum absolute atomic E-state index is 0.173. The third kappa shape index (κ3) is 3.09. The number of nitrogens with one attached hydrogen (secondary N) is 1. The van der Waals surface area contributed by atoms with Crippen molar-refractivity contribution in [1.82, 2.24) is 9.71 Å². The van der Waals surface area contributed by atoms with E-state index < -0.39 is 21.5 Å². The van der Waals surface area contributed by atoms with Crippen molar-refractivity contribution in [3.8, 4) is 0 Å². The van der Waals surface area contributed by atoms with Gasteiger partial charge in [-0.05, 0) is 24.6 Å². The highest BCUT2D eigenvalue weighted by atomic mass is 32.2. The third-order valence-corrected chi connectivity index (χ3v) is 4.56. The van der Waals surface area contributed by atoms with Gasteiger partial charge >= 0.3 is 0 Å². The molecule has 0 radical (unpaired) electrons. The van der Waals surface area contributed by atoms with Crippen LogP contribution in [0.25, 0.3) is 0 Å². The summed E-state index contributed by atoms with van der Waals surface area (Å²) in [5.74, 6) is -0.798. The van der Waals surface area contributed by atoms with E-state index in [-0.39, 0.29) is 5.03 Å². The highest BCUT2D eigenvalue weighted by molar-refractivity contribution is 7.89. The standard InChI is InChI=1S/C14H15N3O3S/c1-14(13(15)18,11-7-3-2-4-8-11)17-21(19,20)12-9-5-6-10-16-12/h2-10,17H,1H3,(H2,15,18)/t14-/m1/s1. The van der Waals surface area contributed by atoms with E-state index in [1.807, 2.05) is 0 Å². The maximum absolute atomic E-state index is 12.3. The van der Waals surface area contributed by atoms with Crippen molar-refractivity contribution < 1.29 is 13.2 Å². The van der Waals surface area contributed by atoms with Crippen LogP contribution in [0.3, 0.4) is 0 Å². The molecule has 2 aromatic rings. The third-order valence-electron chi connectivity index (χ3n) is 3.10. The lowest BCUT2D eigenvalue weighted by Crippen LogP contribution is -2.52. The number of pyridine rings is 1. The molecule has 0 saturated heterocycles. The fraction of sp³-hybridized carbons (Fsp3) is 0.143. The highest BCUT2D eigenvalue weighted by Crippen LogP contribution is 2.22. The Bertz CT molecular complexity index is 733. The number of nitrogens with two attached hydrogens (primary N) is 1. The van der Waals surface area contributed by atoms with Crippen LogP contribution in [0.2, 0.25) is 0 Å². The molecule has 0 saturated carbocycles. The first-order chi connectivity index (χ1) is 9.86. The van der Waals surface area contributed by atoms with E-state index >= 15 is 0 Å². The van der Waals surface area contributed by atoms with Gasteiger partial charge in [0.25, 0.3) is 10.0 Å². The van der Waals surface area contributed by atoms with Crippen molar-refractivity contribution in [1.29, 1.82) is 0 Å². The first-order valence-corrected chi connectivity index (χ1v) is 7.65. The Balaban J connectivity index is 2.45. The van der Waals surface area contributed by atoms with Crippen LogP contribution >= 0.6 is 0 Å². The van der Waals surface area contributed by atoms with Gasteiger partial charge in [-0.2, -0.15) is 4.72 Å². The fourth-order valence-electron chi connectivity index (χ4n) is 1.85. The molecule has 21 heavy (non-hydrogen) atoms. The Hall–Kier alpha value is -2.25. The van der Waals surface area contributed by atoms with Crippen LogP contribution in [0.1, 0.15) is 12.5 Å². The molecule has 0 unspecified atom stereocenters. The molecule has 0 bridgehead atoms. The first kappa shape index (κ1) is 15.1. The summed E-state index contributed by atoms with van der Waals surface area (Å²) in [6, 6.07) is 12.9. The molecule has 0 fully saturated rings. The van der Waals surface area contributed by atoms with E-state index in [1.54, 1.807) is 42.5 Å². The van der Waals surface area contributed by atoms with Gasteiger partial charge in [0.2, 0.25) is 5.91 Å². The van der Waals surface area contributed by atoms with Crippen molar-refractivity contribution in [3.63, 3.8) is 0 Å². The second kappa shape index (κ2) is 5.63. The quantitative estimate of drug-likeness (QED) is 0.851. The second-order valence-electron chi connectivity index (χ2n) is 4.63. The summed E-state index contributed by atoms with van der Waals surface area (Å²) in [4.78, 5) is 15.6. The van der Waals surface area contributed by atoms with E-state index in [0.717, 1.165) is 0 Å². The molecule has 1 amide bonds. The highest BCUT2D eigenvalue weighted by Gasteiger charge is 2.38. The number of rotatable bonds is 5. The number of aromatic nitrogens is 1. The zero-order chi connectivity index (χ0) is 15.5. The van der Waals surface area contributed by atoms with Crippen LogP contribution in [0.15, 0.2) is 59.8 Å². The Morgan fingerprint density at radius 2 is 1.76 bits per heavy atom. The fourth-order valence-corrected chi connectivity index (χ4v) is 3.17. The minimum atomic E-state index is -3.97. The van der Waals surface area contributed by atoms with Crippen molar-refractivity contribution in [3.05, 3.63) is 60.3 Å². The lowest BCUT2D eigenvalue weighted by molar-refractivity contribution is -0.123. The maximum atomic E-state index is 12.3. The first-order valence-electron chi connectivity index (χ1n) is 6.17. The largest absolute Gasteiger partial charge is 0.368 e. The summed E-state index contributed by atoms with van der Waals surface area (Å²) >= 11 is 0. The molecule has 110 valence electrons. The maximum Gasteiger partial charge on any atom is 0.259 e. The van der Waals surface area contributed by atoms with Crippen molar-refractivity contribution >= 4 is 15.9 Å². The van der Waals surface area contributed by atoms with Gasteiger partial charge in [-0.15, -0.1) is 0 Å². The Morgan fingerprint density at radius 3 is 2.29 bits per heavy atom. The Morgan fingerprint density at radius 1 is 1.14 bits per heavy atom. The van der Waals surface area contributed by atoms with Gasteiger partial charge in [-0.1, -0.05) is 36.4 Å². The minimum Gasteiger partial charge on any atom is -0.368 e. The van der Waals surface area contributed by atoms with Gasteiger partial charge in [0.15, 0.2) is 5.03 Å². The topological polar surface area (TPSA) is 102 Å². The average Bonchev–Trinajstić information content (AvgIpc) is 2.48. The number of carbonyl (C=O) groups is 1. The van der Waals surface area contributed by atoms with Crippen molar-refractivity contribution in [2.24, 2.45) is 5.73 Å². The SMILES string of the molecule is C[C@](NS(=O)(=O)c1ccccn1)(C(N)=O)c1ccccc1. The zero-order valence-electron chi connectivity index (χ0n) is 11.4. The van der Waals surface area contributed by atoms with E-state index in [4.69, 9.17) is 5.73 Å². The number of carbonyl (C=O) groups excluding carboxylic acids is 1. The van der Waals surface area contributed by atoms with Gasteiger partial charge in [0.05, 0.1) is 0 Å². The average molecular weight is 305 g/mol. The van der Waals surface area contributed by atoms with E-state index in [0.29, 0.717) is 5.56 Å². The van der Waals surface area contributed by atoms with Crippen molar-refractivity contribution in [2.75, 3.05) is 0 Å². The lowest BCUT2D eigenvalue weighted by Gasteiger charge is -2.27. The number of sulfonamides is 1. The number of amides is 1. The monoisotopic (exact) mass is 305 g/mol. The molecule has 0 spiro atoms. The predicted molar refractivity (Wildman–Crippen MR) is 77.5 cm³/mol. The van der Waals surface area contributed by atoms with Crippen LogP contribution in [-0.4, -0.2) is 19.3 Å². The zero-order valence-corrected chi connectivity index (χ0v) is 12.2. The molecule has 1 aromatic carbocycles. The van der Waals surface area contributed by atoms with Gasteiger partial charge in [0, 0.05) is 6.20 Å². The Labute approximate surface area is 123 Å². The number of hydrogen-bond donors (Lipinski definition) is 2. The summed E-state index contributed by atoms with van der Waals surface area (Å²) in [5.41, 5.74) is 4.30. The summed E-state index contributed by atoms with van der Waals surface area (Å²) in [6.45, 7) is 1.42. The summed E-state index contributed by atoms with van der Waals surface area (Å²) in [5, 5.41) is -0.173. The van der Waals surface area contributed by atoms with Crippen LogP contribution in [0, 0.1) is 0 Å². The number of hydrogen-bond acceptors (Lipinski definition) is 4. The predicted octanol–water partition coefficient (Wildman–Crippen LogP) is 0.761. The molecule has 0 aliphatic rings. The van der Waals surface area contributed by atoms with E-state index in [2.05, 4.69) is 9.71 Å². The normalized spacial score (nSPS) is 14.3. The second-order valence-corrected chi connectivity index (χ2v) is 6.26. The molecule has 0 aliphatic heterocycles. The lowest BCUT2D eigenvalue weighted by atomic mass is 9.93. The van der Waals surface area contributed by atoms with Crippen LogP contribution in [0.4, 0.5) is 0 Å². The van der Waals surface area contributed by atoms with Crippen LogP contribution < -0.4 is 10.5 Å². The summed E-state index contributed by atoms with van der Waals surface area (Å²) < 4.78 is 27.0. The molecule has 6 nitrogen and oxygen atoms in total. The van der Waals surface area contributed by atoms with Crippen LogP contribution in [-0.2, 0) is 20.4 Å². The molecule has 1 atom stereocenters. The molecular formula is C14H15N3O3S. The molecule has 2 rings (SSSR count). The van der Waals surface area contributed by atoms with Crippen LogP contribution in [0.5, 0.6) is 0 Å². The molecule has 0 aliphatic carbocycles. The van der Waals surface area contributed by atoms with Gasteiger partial charge < -0.3 is 5.73 Å². The van der Waals surface area contributed by atoms with Crippen molar-refractivity contribution in [2.45, 2.75) is 17.5 Å². The molecule has 1 heterocycles. The summed E-state index contributed by atoms with van der Waals surface area (Å²) in [7, 11) is -3.97. The number of primary amides is 1. The van der Waals surface area contributed by atoms with Gasteiger partial charge in [-0.25, -0.2) is 13.4 Å². The van der Waals surface area contributed by atoms with Gasteiger partial charge in [-0.3, -0.25) is 4.79 Å². The molecule has 7 heteroatoms. The number of nitrogens with zero attached hydrogens (tertiary/aromatic N) is 1. The van der Waals surface area contributed by atoms with E-state index in [9.17, 15) is 13.2 Å². The smallest absolute Gasteiger partial charge is 0.259 e.